The van der Waals surface area contributed by atoms with Crippen molar-refractivity contribution in [3.05, 3.63) is 18.3 Å². The molecular weight excluding hydrogens is 238 g/mol. The first-order valence-electron chi connectivity index (χ1n) is 7.33. The standard InChI is InChI=1S/C15H23N3O/c1-19-14-4-5-15(17-11-14)18-8-6-12(7-9-18)10-16-13-2-3-13/h4-5,11-13,16H,2-3,6-10H2,1H3. The van der Waals surface area contributed by atoms with Crippen molar-refractivity contribution >= 4 is 5.82 Å². The van der Waals surface area contributed by atoms with E-state index < -0.39 is 0 Å². The molecule has 4 heteroatoms. The summed E-state index contributed by atoms with van der Waals surface area (Å²) in [6, 6.07) is 4.88. The summed E-state index contributed by atoms with van der Waals surface area (Å²) in [5, 5.41) is 3.65. The Morgan fingerprint density at radius 3 is 2.63 bits per heavy atom. The molecule has 1 aromatic rings. The predicted octanol–water partition coefficient (Wildman–Crippen LogP) is 2.06. The molecule has 0 aromatic carbocycles. The summed E-state index contributed by atoms with van der Waals surface area (Å²) in [6.45, 7) is 3.45. The van der Waals surface area contributed by atoms with Crippen LogP contribution in [0, 0.1) is 5.92 Å². The number of hydrogen-bond donors (Lipinski definition) is 1. The molecule has 19 heavy (non-hydrogen) atoms. The molecule has 2 fully saturated rings. The van der Waals surface area contributed by atoms with Crippen LogP contribution >= 0.6 is 0 Å². The number of nitrogens with one attached hydrogen (secondary N) is 1. The van der Waals surface area contributed by atoms with Crippen molar-refractivity contribution in [2.24, 2.45) is 5.92 Å². The third-order valence-electron chi connectivity index (χ3n) is 4.17. The normalized spacial score (nSPS) is 20.6. The molecule has 104 valence electrons. The molecule has 1 aliphatic heterocycles. The molecule has 0 spiro atoms. The number of rotatable bonds is 5. The SMILES string of the molecule is COc1ccc(N2CCC(CNC3CC3)CC2)nc1. The molecular formula is C15H23N3O. The minimum atomic E-state index is 0.826. The lowest BCUT2D eigenvalue weighted by Gasteiger charge is -2.33. The van der Waals surface area contributed by atoms with Gasteiger partial charge in [-0.25, -0.2) is 4.98 Å². The van der Waals surface area contributed by atoms with Crippen LogP contribution in [0.3, 0.4) is 0 Å². The number of nitrogens with zero attached hydrogens (tertiary/aromatic N) is 2. The number of piperidine rings is 1. The van der Waals surface area contributed by atoms with Crippen LogP contribution in [0.4, 0.5) is 5.82 Å². The van der Waals surface area contributed by atoms with Crippen molar-refractivity contribution < 1.29 is 4.74 Å². The Bertz CT molecular complexity index is 394. The molecule has 0 bridgehead atoms. The van der Waals surface area contributed by atoms with Crippen LogP contribution in [0.2, 0.25) is 0 Å². The molecule has 1 saturated carbocycles. The molecule has 1 aromatic heterocycles. The average Bonchev–Trinajstić information content (AvgIpc) is 3.30. The summed E-state index contributed by atoms with van der Waals surface area (Å²) in [5.74, 6) is 2.75. The van der Waals surface area contributed by atoms with E-state index in [1.165, 1.54) is 32.2 Å². The highest BCUT2D eigenvalue weighted by Crippen LogP contribution is 2.24. The zero-order valence-electron chi connectivity index (χ0n) is 11.6. The first-order chi connectivity index (χ1) is 9.35. The Balaban J connectivity index is 1.47. The van der Waals surface area contributed by atoms with E-state index in [0.29, 0.717) is 0 Å². The van der Waals surface area contributed by atoms with E-state index in [1.807, 2.05) is 6.07 Å². The van der Waals surface area contributed by atoms with Crippen LogP contribution in [0.25, 0.3) is 0 Å². The summed E-state index contributed by atoms with van der Waals surface area (Å²) < 4.78 is 5.14. The smallest absolute Gasteiger partial charge is 0.137 e. The summed E-state index contributed by atoms with van der Waals surface area (Å²) in [7, 11) is 1.68. The lowest BCUT2D eigenvalue weighted by atomic mass is 9.97. The van der Waals surface area contributed by atoms with Crippen LogP contribution in [-0.2, 0) is 0 Å². The van der Waals surface area contributed by atoms with Gasteiger partial charge < -0.3 is 15.0 Å². The van der Waals surface area contributed by atoms with Gasteiger partial charge in [-0.15, -0.1) is 0 Å². The largest absolute Gasteiger partial charge is 0.495 e. The van der Waals surface area contributed by atoms with E-state index in [2.05, 4.69) is 21.3 Å². The van der Waals surface area contributed by atoms with Crippen molar-refractivity contribution in [3.63, 3.8) is 0 Å². The second-order valence-electron chi connectivity index (χ2n) is 5.67. The summed E-state index contributed by atoms with van der Waals surface area (Å²) in [4.78, 5) is 6.85. The fraction of sp³-hybridized carbons (Fsp3) is 0.667. The first kappa shape index (κ1) is 12.7. The van der Waals surface area contributed by atoms with Crippen molar-refractivity contribution in [1.82, 2.24) is 10.3 Å². The van der Waals surface area contributed by atoms with Gasteiger partial charge in [0.15, 0.2) is 0 Å². The minimum Gasteiger partial charge on any atom is -0.495 e. The monoisotopic (exact) mass is 261 g/mol. The number of hydrogen-bond acceptors (Lipinski definition) is 4. The van der Waals surface area contributed by atoms with Gasteiger partial charge in [-0.2, -0.15) is 0 Å². The molecule has 2 heterocycles. The van der Waals surface area contributed by atoms with E-state index in [-0.39, 0.29) is 0 Å². The molecule has 1 N–H and O–H groups in total. The van der Waals surface area contributed by atoms with Crippen molar-refractivity contribution in [3.8, 4) is 5.75 Å². The van der Waals surface area contributed by atoms with Gasteiger partial charge in [-0.05, 0) is 50.3 Å². The predicted molar refractivity (Wildman–Crippen MR) is 76.8 cm³/mol. The van der Waals surface area contributed by atoms with Gasteiger partial charge in [0.25, 0.3) is 0 Å². The highest BCUT2D eigenvalue weighted by atomic mass is 16.5. The van der Waals surface area contributed by atoms with E-state index >= 15 is 0 Å². The lowest BCUT2D eigenvalue weighted by Crippen LogP contribution is -2.38. The molecule has 0 amide bonds. The van der Waals surface area contributed by atoms with Crippen molar-refractivity contribution in [2.45, 2.75) is 31.7 Å². The van der Waals surface area contributed by atoms with Crippen LogP contribution in [0.15, 0.2) is 18.3 Å². The second-order valence-corrected chi connectivity index (χ2v) is 5.67. The van der Waals surface area contributed by atoms with Gasteiger partial charge in [-0.3, -0.25) is 0 Å². The molecule has 1 aliphatic carbocycles. The Labute approximate surface area is 115 Å². The van der Waals surface area contributed by atoms with Gasteiger partial charge in [0.05, 0.1) is 13.3 Å². The Kier molecular flexibility index (Phi) is 3.87. The van der Waals surface area contributed by atoms with Crippen molar-refractivity contribution in [2.75, 3.05) is 31.6 Å². The van der Waals surface area contributed by atoms with E-state index in [1.54, 1.807) is 13.3 Å². The summed E-state index contributed by atoms with van der Waals surface area (Å²) >= 11 is 0. The van der Waals surface area contributed by atoms with E-state index in [9.17, 15) is 0 Å². The fourth-order valence-electron chi connectivity index (χ4n) is 2.67. The van der Waals surface area contributed by atoms with Crippen molar-refractivity contribution in [1.29, 1.82) is 0 Å². The zero-order valence-corrected chi connectivity index (χ0v) is 11.6. The van der Waals surface area contributed by atoms with Crippen LogP contribution in [0.1, 0.15) is 25.7 Å². The molecule has 0 unspecified atom stereocenters. The minimum absolute atomic E-state index is 0.826. The zero-order chi connectivity index (χ0) is 13.1. The molecule has 2 aliphatic rings. The molecule has 0 atom stereocenters. The first-order valence-corrected chi connectivity index (χ1v) is 7.33. The van der Waals surface area contributed by atoms with Gasteiger partial charge >= 0.3 is 0 Å². The number of aromatic nitrogens is 1. The molecule has 0 radical (unpaired) electrons. The van der Waals surface area contributed by atoms with E-state index in [4.69, 9.17) is 4.74 Å². The number of anilines is 1. The molecule has 1 saturated heterocycles. The van der Waals surface area contributed by atoms with Gasteiger partial charge in [0, 0.05) is 19.1 Å². The van der Waals surface area contributed by atoms with Crippen LogP contribution in [0.5, 0.6) is 5.75 Å². The van der Waals surface area contributed by atoms with Gasteiger partial charge in [0.2, 0.25) is 0 Å². The Morgan fingerprint density at radius 1 is 1.26 bits per heavy atom. The third kappa shape index (κ3) is 3.38. The Morgan fingerprint density at radius 2 is 2.05 bits per heavy atom. The number of ether oxygens (including phenoxy) is 1. The number of pyridine rings is 1. The van der Waals surface area contributed by atoms with E-state index in [0.717, 1.165) is 36.6 Å². The maximum absolute atomic E-state index is 5.14. The number of methoxy groups -OCH3 is 1. The topological polar surface area (TPSA) is 37.4 Å². The van der Waals surface area contributed by atoms with Gasteiger partial charge in [0.1, 0.15) is 11.6 Å². The van der Waals surface area contributed by atoms with Crippen LogP contribution in [-0.4, -0.2) is 37.8 Å². The second kappa shape index (κ2) is 5.78. The maximum atomic E-state index is 5.14. The fourth-order valence-corrected chi connectivity index (χ4v) is 2.67. The summed E-state index contributed by atoms with van der Waals surface area (Å²) in [5.41, 5.74) is 0. The molecule has 3 rings (SSSR count). The highest BCUT2D eigenvalue weighted by molar-refractivity contribution is 5.41. The van der Waals surface area contributed by atoms with Crippen LogP contribution < -0.4 is 15.0 Å². The molecule has 4 nitrogen and oxygen atoms in total. The highest BCUT2D eigenvalue weighted by Gasteiger charge is 2.24. The third-order valence-corrected chi connectivity index (χ3v) is 4.17. The maximum Gasteiger partial charge on any atom is 0.137 e. The van der Waals surface area contributed by atoms with Gasteiger partial charge in [-0.1, -0.05) is 0 Å². The average molecular weight is 261 g/mol. The Hall–Kier alpha value is -1.29. The quantitative estimate of drug-likeness (QED) is 0.880. The summed E-state index contributed by atoms with van der Waals surface area (Å²) in [6.07, 6.45) is 7.11. The lowest BCUT2D eigenvalue weighted by molar-refractivity contribution is 0.380.